The second-order valence-corrected chi connectivity index (χ2v) is 4.36. The van der Waals surface area contributed by atoms with Gasteiger partial charge in [-0.2, -0.15) is 4.98 Å². The van der Waals surface area contributed by atoms with E-state index in [0.29, 0.717) is 23.9 Å². The van der Waals surface area contributed by atoms with Crippen molar-refractivity contribution in [2.45, 2.75) is 13.0 Å². The number of para-hydroxylation sites is 2. The Morgan fingerprint density at radius 3 is 2.74 bits per heavy atom. The second-order valence-electron chi connectivity index (χ2n) is 4.36. The fraction of sp³-hybridized carbons (Fsp3) is 0.385. The van der Waals surface area contributed by atoms with Gasteiger partial charge in [0.15, 0.2) is 17.3 Å². The standard InChI is InChI=1S/C13H16N4O2/c1-18-10-5-2-3-6-11(10)19-9-12-14-13(16-15-12)17-7-4-8-17/h2-3,5-6H,4,7-9H2,1H3,(H,14,15,16). The van der Waals surface area contributed by atoms with Crippen LogP contribution >= 0.6 is 0 Å². The highest BCUT2D eigenvalue weighted by Gasteiger charge is 2.18. The van der Waals surface area contributed by atoms with Crippen molar-refractivity contribution in [2.75, 3.05) is 25.1 Å². The Labute approximate surface area is 111 Å². The molecule has 2 aromatic rings. The Kier molecular flexibility index (Phi) is 3.22. The smallest absolute Gasteiger partial charge is 0.244 e. The topological polar surface area (TPSA) is 63.3 Å². The fourth-order valence-electron chi connectivity index (χ4n) is 1.89. The van der Waals surface area contributed by atoms with Gasteiger partial charge in [0.25, 0.3) is 0 Å². The lowest BCUT2D eigenvalue weighted by Crippen LogP contribution is -2.37. The van der Waals surface area contributed by atoms with E-state index in [1.807, 2.05) is 24.3 Å². The molecule has 0 spiro atoms. The molecule has 2 heterocycles. The summed E-state index contributed by atoms with van der Waals surface area (Å²) in [6.07, 6.45) is 1.21. The summed E-state index contributed by atoms with van der Waals surface area (Å²) in [4.78, 5) is 6.52. The molecule has 19 heavy (non-hydrogen) atoms. The van der Waals surface area contributed by atoms with Crippen LogP contribution in [0.15, 0.2) is 24.3 Å². The van der Waals surface area contributed by atoms with Gasteiger partial charge in [0.05, 0.1) is 7.11 Å². The normalized spacial score (nSPS) is 14.1. The molecule has 1 N–H and O–H groups in total. The van der Waals surface area contributed by atoms with Gasteiger partial charge in [-0.15, -0.1) is 5.10 Å². The molecule has 1 aliphatic rings. The maximum Gasteiger partial charge on any atom is 0.244 e. The van der Waals surface area contributed by atoms with Crippen LogP contribution in [0.4, 0.5) is 5.95 Å². The highest BCUT2D eigenvalue weighted by Crippen LogP contribution is 2.26. The van der Waals surface area contributed by atoms with Crippen LogP contribution in [0.25, 0.3) is 0 Å². The van der Waals surface area contributed by atoms with Crippen LogP contribution in [0, 0.1) is 0 Å². The molecule has 0 bridgehead atoms. The number of methoxy groups -OCH3 is 1. The first kappa shape index (κ1) is 11.8. The minimum absolute atomic E-state index is 0.348. The molecule has 0 saturated carbocycles. The monoisotopic (exact) mass is 260 g/mol. The summed E-state index contributed by atoms with van der Waals surface area (Å²) in [6.45, 7) is 2.41. The van der Waals surface area contributed by atoms with E-state index in [-0.39, 0.29) is 0 Å². The Morgan fingerprint density at radius 1 is 1.26 bits per heavy atom. The van der Waals surface area contributed by atoms with E-state index in [1.54, 1.807) is 7.11 Å². The molecule has 6 nitrogen and oxygen atoms in total. The van der Waals surface area contributed by atoms with Gasteiger partial charge < -0.3 is 14.4 Å². The minimum Gasteiger partial charge on any atom is -0.493 e. The summed E-state index contributed by atoms with van der Waals surface area (Å²) in [5, 5.41) is 7.07. The average molecular weight is 260 g/mol. The van der Waals surface area contributed by atoms with Crippen LogP contribution in [0.2, 0.25) is 0 Å². The molecule has 0 radical (unpaired) electrons. The van der Waals surface area contributed by atoms with Crippen molar-refractivity contribution in [1.82, 2.24) is 15.2 Å². The van der Waals surface area contributed by atoms with Gasteiger partial charge in [-0.3, -0.25) is 5.10 Å². The van der Waals surface area contributed by atoms with Crippen LogP contribution in [0.1, 0.15) is 12.2 Å². The zero-order valence-electron chi connectivity index (χ0n) is 10.8. The summed E-state index contributed by atoms with van der Waals surface area (Å²) in [5.41, 5.74) is 0. The average Bonchev–Trinajstić information content (AvgIpc) is 2.83. The van der Waals surface area contributed by atoms with Gasteiger partial charge in [-0.25, -0.2) is 0 Å². The lowest BCUT2D eigenvalue weighted by molar-refractivity contribution is 0.277. The summed E-state index contributed by atoms with van der Waals surface area (Å²) >= 11 is 0. The van der Waals surface area contributed by atoms with Gasteiger partial charge in [0.2, 0.25) is 5.95 Å². The highest BCUT2D eigenvalue weighted by molar-refractivity contribution is 5.39. The molecule has 3 rings (SSSR count). The van der Waals surface area contributed by atoms with Crippen LogP contribution in [0.3, 0.4) is 0 Å². The summed E-state index contributed by atoms with van der Waals surface area (Å²) in [6, 6.07) is 7.54. The van der Waals surface area contributed by atoms with Gasteiger partial charge >= 0.3 is 0 Å². The maximum absolute atomic E-state index is 5.68. The largest absolute Gasteiger partial charge is 0.493 e. The first-order chi connectivity index (χ1) is 9.36. The van der Waals surface area contributed by atoms with Crippen molar-refractivity contribution in [2.24, 2.45) is 0 Å². The van der Waals surface area contributed by atoms with E-state index >= 15 is 0 Å². The molecule has 1 aliphatic heterocycles. The Morgan fingerprint density at radius 2 is 2.05 bits per heavy atom. The van der Waals surface area contributed by atoms with Crippen molar-refractivity contribution in [3.05, 3.63) is 30.1 Å². The van der Waals surface area contributed by atoms with Crippen LogP contribution in [-0.2, 0) is 6.61 Å². The van der Waals surface area contributed by atoms with E-state index in [1.165, 1.54) is 6.42 Å². The number of anilines is 1. The number of hydrogen-bond acceptors (Lipinski definition) is 5. The van der Waals surface area contributed by atoms with Gasteiger partial charge in [0.1, 0.15) is 6.61 Å². The number of aromatic nitrogens is 3. The van der Waals surface area contributed by atoms with E-state index in [0.717, 1.165) is 19.0 Å². The van der Waals surface area contributed by atoms with Crippen LogP contribution in [-0.4, -0.2) is 35.4 Å². The molecule has 0 unspecified atom stereocenters. The molecule has 6 heteroatoms. The molecular formula is C13H16N4O2. The first-order valence-corrected chi connectivity index (χ1v) is 6.29. The van der Waals surface area contributed by atoms with Crippen molar-refractivity contribution in [3.63, 3.8) is 0 Å². The molecule has 0 amide bonds. The molecular weight excluding hydrogens is 244 g/mol. The van der Waals surface area contributed by atoms with Crippen LogP contribution in [0.5, 0.6) is 11.5 Å². The summed E-state index contributed by atoms with van der Waals surface area (Å²) < 4.78 is 10.9. The number of nitrogens with one attached hydrogen (secondary N) is 1. The lowest BCUT2D eigenvalue weighted by atomic mass is 10.2. The highest BCUT2D eigenvalue weighted by atomic mass is 16.5. The van der Waals surface area contributed by atoms with E-state index in [2.05, 4.69) is 20.1 Å². The zero-order chi connectivity index (χ0) is 13.1. The van der Waals surface area contributed by atoms with Gasteiger partial charge in [-0.1, -0.05) is 12.1 Å². The third kappa shape index (κ3) is 2.47. The molecule has 1 fully saturated rings. The number of H-pyrrole nitrogens is 1. The van der Waals surface area contributed by atoms with Crippen molar-refractivity contribution < 1.29 is 9.47 Å². The molecule has 0 atom stereocenters. The third-order valence-electron chi connectivity index (χ3n) is 3.09. The molecule has 1 saturated heterocycles. The van der Waals surface area contributed by atoms with Crippen LogP contribution < -0.4 is 14.4 Å². The molecule has 1 aromatic carbocycles. The van der Waals surface area contributed by atoms with E-state index in [9.17, 15) is 0 Å². The van der Waals surface area contributed by atoms with Gasteiger partial charge in [0, 0.05) is 13.1 Å². The number of nitrogens with zero attached hydrogens (tertiary/aromatic N) is 3. The predicted octanol–water partition coefficient (Wildman–Crippen LogP) is 1.60. The second kappa shape index (κ2) is 5.17. The molecule has 1 aromatic heterocycles. The number of benzene rings is 1. The minimum atomic E-state index is 0.348. The SMILES string of the molecule is COc1ccccc1OCc1nc(N2CCC2)n[nH]1. The Balaban J connectivity index is 1.63. The maximum atomic E-state index is 5.68. The lowest BCUT2D eigenvalue weighted by Gasteiger charge is -2.29. The Bertz CT molecular complexity index is 551. The third-order valence-corrected chi connectivity index (χ3v) is 3.09. The fourth-order valence-corrected chi connectivity index (χ4v) is 1.89. The zero-order valence-corrected chi connectivity index (χ0v) is 10.8. The number of rotatable bonds is 5. The quantitative estimate of drug-likeness (QED) is 0.884. The first-order valence-electron chi connectivity index (χ1n) is 6.29. The predicted molar refractivity (Wildman–Crippen MR) is 70.5 cm³/mol. The Hall–Kier alpha value is -2.24. The summed E-state index contributed by atoms with van der Waals surface area (Å²) in [7, 11) is 1.62. The van der Waals surface area contributed by atoms with E-state index < -0.39 is 0 Å². The molecule has 0 aliphatic carbocycles. The van der Waals surface area contributed by atoms with Crippen molar-refractivity contribution in [3.8, 4) is 11.5 Å². The van der Waals surface area contributed by atoms with Crippen molar-refractivity contribution in [1.29, 1.82) is 0 Å². The van der Waals surface area contributed by atoms with Crippen molar-refractivity contribution >= 4 is 5.95 Å². The van der Waals surface area contributed by atoms with Gasteiger partial charge in [-0.05, 0) is 18.6 Å². The molecule has 100 valence electrons. The number of ether oxygens (including phenoxy) is 2. The number of aromatic amines is 1. The summed E-state index contributed by atoms with van der Waals surface area (Å²) in [5.74, 6) is 2.88. The number of hydrogen-bond donors (Lipinski definition) is 1. The van der Waals surface area contributed by atoms with E-state index in [4.69, 9.17) is 9.47 Å².